The van der Waals surface area contributed by atoms with Gasteiger partial charge in [-0.1, -0.05) is 0 Å². The fourth-order valence-electron chi connectivity index (χ4n) is 3.79. The van der Waals surface area contributed by atoms with Crippen LogP contribution in [0.25, 0.3) is 11.2 Å². The summed E-state index contributed by atoms with van der Waals surface area (Å²) in [6.07, 6.45) is 2.57. The average molecular weight is 475 g/mol. The SMILES string of the molecule is CO.COc1ccc(-n2cnc(Nc3nc(N4CCCC4)nn4cccc34)c2)cc1C(F)(F)F. The quantitative estimate of drug-likeness (QED) is 0.452. The van der Waals surface area contributed by atoms with Crippen molar-refractivity contribution in [1.82, 2.24) is 24.1 Å². The maximum absolute atomic E-state index is 13.4. The highest BCUT2D eigenvalue weighted by atomic mass is 19.4. The first kappa shape index (κ1) is 23.4. The maximum atomic E-state index is 13.4. The highest BCUT2D eigenvalue weighted by Gasteiger charge is 2.34. The lowest BCUT2D eigenvalue weighted by Gasteiger charge is -2.16. The van der Waals surface area contributed by atoms with Gasteiger partial charge in [-0.25, -0.2) is 9.50 Å². The first-order valence-electron chi connectivity index (χ1n) is 10.5. The van der Waals surface area contributed by atoms with Gasteiger partial charge in [-0.2, -0.15) is 18.2 Å². The van der Waals surface area contributed by atoms with Gasteiger partial charge in [-0.3, -0.25) is 0 Å². The van der Waals surface area contributed by atoms with Crippen LogP contribution in [0, 0.1) is 0 Å². The van der Waals surface area contributed by atoms with Crippen LogP contribution < -0.4 is 15.0 Å². The van der Waals surface area contributed by atoms with Gasteiger partial charge in [0.25, 0.3) is 0 Å². The number of rotatable bonds is 5. The summed E-state index contributed by atoms with van der Waals surface area (Å²) >= 11 is 0. The van der Waals surface area contributed by atoms with E-state index in [4.69, 9.17) is 9.84 Å². The van der Waals surface area contributed by atoms with Crippen molar-refractivity contribution >= 4 is 23.1 Å². The van der Waals surface area contributed by atoms with Crippen molar-refractivity contribution in [2.75, 3.05) is 37.5 Å². The number of alkyl halides is 3. The van der Waals surface area contributed by atoms with Crippen LogP contribution >= 0.6 is 0 Å². The number of aliphatic hydroxyl groups excluding tert-OH is 1. The highest BCUT2D eigenvalue weighted by Crippen LogP contribution is 2.37. The molecule has 0 amide bonds. The molecule has 4 heterocycles. The van der Waals surface area contributed by atoms with Crippen molar-refractivity contribution in [2.45, 2.75) is 19.0 Å². The minimum Gasteiger partial charge on any atom is -0.496 e. The van der Waals surface area contributed by atoms with Gasteiger partial charge in [0, 0.05) is 32.1 Å². The third kappa shape index (κ3) is 4.62. The first-order chi connectivity index (χ1) is 16.4. The van der Waals surface area contributed by atoms with Crippen molar-refractivity contribution in [2.24, 2.45) is 0 Å². The summed E-state index contributed by atoms with van der Waals surface area (Å²) in [7, 11) is 2.21. The lowest BCUT2D eigenvalue weighted by molar-refractivity contribution is -0.138. The van der Waals surface area contributed by atoms with Crippen molar-refractivity contribution in [3.8, 4) is 11.4 Å². The van der Waals surface area contributed by atoms with Crippen molar-refractivity contribution in [3.05, 3.63) is 54.6 Å². The number of aromatic nitrogens is 5. The third-order valence-corrected chi connectivity index (χ3v) is 5.38. The largest absolute Gasteiger partial charge is 0.496 e. The standard InChI is InChI=1S/C21H20F3N7O.CH4O/c1-32-17-7-6-14(11-15(17)21(22,23)24)30-12-18(25-13-30)26-19-16-5-4-10-31(16)28-20(27-19)29-8-2-3-9-29;1-2/h4-7,10-13H,2-3,8-9H2,1H3,(H,26,27,28);2H,1H3. The smallest absolute Gasteiger partial charge is 0.420 e. The van der Waals surface area contributed by atoms with E-state index in [-0.39, 0.29) is 5.75 Å². The molecule has 0 saturated carbocycles. The Morgan fingerprint density at radius 2 is 1.88 bits per heavy atom. The van der Waals surface area contributed by atoms with Crippen molar-refractivity contribution in [3.63, 3.8) is 0 Å². The lowest BCUT2D eigenvalue weighted by Crippen LogP contribution is -2.22. The van der Waals surface area contributed by atoms with Gasteiger partial charge in [-0.15, -0.1) is 5.10 Å². The van der Waals surface area contributed by atoms with Crippen LogP contribution in [0.4, 0.5) is 30.8 Å². The molecule has 1 aliphatic heterocycles. The summed E-state index contributed by atoms with van der Waals surface area (Å²) < 4.78 is 48.2. The van der Waals surface area contributed by atoms with Crippen molar-refractivity contribution < 1.29 is 23.0 Å². The van der Waals surface area contributed by atoms with Crippen LogP contribution in [0.15, 0.2) is 49.1 Å². The summed E-state index contributed by atoms with van der Waals surface area (Å²) in [5.74, 6) is 1.41. The van der Waals surface area contributed by atoms with E-state index in [2.05, 4.69) is 25.3 Å². The Hall–Kier alpha value is -3.80. The molecule has 180 valence electrons. The molecular weight excluding hydrogens is 451 g/mol. The van der Waals surface area contributed by atoms with Gasteiger partial charge < -0.3 is 24.6 Å². The number of nitrogens with one attached hydrogen (secondary N) is 1. The molecule has 0 unspecified atom stereocenters. The van der Waals surface area contributed by atoms with E-state index in [1.54, 1.807) is 16.8 Å². The van der Waals surface area contributed by atoms with E-state index in [1.807, 2.05) is 18.3 Å². The monoisotopic (exact) mass is 475 g/mol. The van der Waals surface area contributed by atoms with Gasteiger partial charge >= 0.3 is 6.18 Å². The Kier molecular flexibility index (Phi) is 6.59. The molecule has 0 radical (unpaired) electrons. The second-order valence-electron chi connectivity index (χ2n) is 7.47. The van der Waals surface area contributed by atoms with E-state index < -0.39 is 11.7 Å². The molecule has 34 heavy (non-hydrogen) atoms. The van der Waals surface area contributed by atoms with Gasteiger partial charge in [0.1, 0.15) is 23.4 Å². The van der Waals surface area contributed by atoms with Gasteiger partial charge in [0.15, 0.2) is 5.82 Å². The zero-order valence-electron chi connectivity index (χ0n) is 18.6. The topological polar surface area (TPSA) is 92.7 Å². The van der Waals surface area contributed by atoms with Crippen molar-refractivity contribution in [1.29, 1.82) is 0 Å². The van der Waals surface area contributed by atoms with E-state index in [9.17, 15) is 13.2 Å². The molecule has 3 aromatic heterocycles. The normalized spacial score (nSPS) is 13.6. The zero-order valence-corrected chi connectivity index (χ0v) is 18.6. The number of methoxy groups -OCH3 is 1. The summed E-state index contributed by atoms with van der Waals surface area (Å²) in [6, 6.07) is 7.62. The second-order valence-corrected chi connectivity index (χ2v) is 7.47. The number of halogens is 3. The van der Waals surface area contributed by atoms with Gasteiger partial charge in [0.05, 0.1) is 18.9 Å². The maximum Gasteiger partial charge on any atom is 0.420 e. The zero-order chi connectivity index (χ0) is 24.3. The summed E-state index contributed by atoms with van der Waals surface area (Å²) in [6.45, 7) is 1.81. The van der Waals surface area contributed by atoms with Crippen LogP contribution in [0.3, 0.4) is 0 Å². The molecule has 12 heteroatoms. The van der Waals surface area contributed by atoms with Gasteiger partial charge in [-0.05, 0) is 43.2 Å². The van der Waals surface area contributed by atoms with E-state index in [1.165, 1.54) is 24.1 Å². The molecule has 4 aromatic rings. The fourth-order valence-corrected chi connectivity index (χ4v) is 3.79. The number of nitrogens with zero attached hydrogens (tertiary/aromatic N) is 6. The molecule has 0 spiro atoms. The lowest BCUT2D eigenvalue weighted by atomic mass is 10.1. The van der Waals surface area contributed by atoms with Gasteiger partial charge in [0.2, 0.25) is 5.95 Å². The molecule has 0 atom stereocenters. The second kappa shape index (κ2) is 9.59. The number of fused-ring (bicyclic) bond motifs is 1. The number of benzene rings is 1. The van der Waals surface area contributed by atoms with Crippen LogP contribution in [-0.4, -0.2) is 56.6 Å². The average Bonchev–Trinajstić information content (AvgIpc) is 3.61. The number of anilines is 3. The molecule has 0 aliphatic carbocycles. The molecule has 1 fully saturated rings. The molecule has 1 aromatic carbocycles. The number of hydrogen-bond acceptors (Lipinski definition) is 7. The number of hydrogen-bond donors (Lipinski definition) is 2. The highest BCUT2D eigenvalue weighted by molar-refractivity contribution is 5.73. The predicted octanol–water partition coefficient (Wildman–Crippen LogP) is 3.89. The number of ether oxygens (including phenoxy) is 1. The Morgan fingerprint density at radius 1 is 1.12 bits per heavy atom. The Labute approximate surface area is 193 Å². The Balaban J connectivity index is 0.00000133. The molecule has 0 bridgehead atoms. The first-order valence-corrected chi connectivity index (χ1v) is 10.5. The molecule has 2 N–H and O–H groups in total. The van der Waals surface area contributed by atoms with E-state index in [0.29, 0.717) is 23.3 Å². The molecule has 5 rings (SSSR count). The fraction of sp³-hybridized carbons (Fsp3) is 0.318. The number of aliphatic hydroxyl groups is 1. The van der Waals surface area contributed by atoms with E-state index in [0.717, 1.165) is 44.6 Å². The minimum absolute atomic E-state index is 0.231. The Morgan fingerprint density at radius 3 is 2.59 bits per heavy atom. The van der Waals surface area contributed by atoms with E-state index >= 15 is 0 Å². The molecule has 1 saturated heterocycles. The summed E-state index contributed by atoms with van der Waals surface area (Å²) in [5.41, 5.74) is 0.236. The summed E-state index contributed by atoms with van der Waals surface area (Å²) in [5, 5.41) is 14.7. The van der Waals surface area contributed by atoms with Crippen LogP contribution in [-0.2, 0) is 6.18 Å². The summed E-state index contributed by atoms with van der Waals surface area (Å²) in [4.78, 5) is 11.1. The number of imidazole rings is 1. The van der Waals surface area contributed by atoms with Crippen LogP contribution in [0.5, 0.6) is 5.75 Å². The van der Waals surface area contributed by atoms with Crippen LogP contribution in [0.2, 0.25) is 0 Å². The third-order valence-electron chi connectivity index (χ3n) is 5.38. The predicted molar refractivity (Wildman–Crippen MR) is 121 cm³/mol. The molecule has 9 nitrogen and oxygen atoms in total. The minimum atomic E-state index is -4.53. The van der Waals surface area contributed by atoms with Crippen LogP contribution in [0.1, 0.15) is 18.4 Å². The molecular formula is C22H24F3N7O2. The molecule has 1 aliphatic rings. The Bertz CT molecular complexity index is 1260.